The molecule has 1 N–H and O–H groups in total. The van der Waals surface area contributed by atoms with Crippen LogP contribution in [0.15, 0.2) is 48.7 Å². The summed E-state index contributed by atoms with van der Waals surface area (Å²) in [4.78, 5) is 15.5. The average Bonchev–Trinajstić information content (AvgIpc) is 2.54. The van der Waals surface area contributed by atoms with Crippen molar-refractivity contribution in [1.29, 1.82) is 0 Å². The van der Waals surface area contributed by atoms with Crippen molar-refractivity contribution in [2.75, 3.05) is 18.4 Å². The molecule has 2 rings (SSSR count). The summed E-state index contributed by atoms with van der Waals surface area (Å²) in [6, 6.07) is 11.9. The van der Waals surface area contributed by atoms with Crippen LogP contribution in [0.1, 0.15) is 16.1 Å². The molecule has 2 aromatic rings. The highest BCUT2D eigenvalue weighted by atomic mass is 32.2. The maximum atomic E-state index is 12.5. The van der Waals surface area contributed by atoms with Gasteiger partial charge in [-0.3, -0.25) is 14.1 Å². The Morgan fingerprint density at radius 3 is 2.55 bits per heavy atom. The molecule has 0 aliphatic rings. The molecule has 22 heavy (non-hydrogen) atoms. The molecule has 7 heteroatoms. The molecule has 0 aliphatic heterocycles. The van der Waals surface area contributed by atoms with Gasteiger partial charge in [-0.25, -0.2) is 8.42 Å². The Kier molecular flexibility index (Phi) is 4.77. The summed E-state index contributed by atoms with van der Waals surface area (Å²) in [6.45, 7) is 0. The highest BCUT2D eigenvalue weighted by Gasteiger charge is 2.20. The summed E-state index contributed by atoms with van der Waals surface area (Å²) in [5.74, 6) is -0.474. The molecule has 0 spiro atoms. The molecule has 0 fully saturated rings. The zero-order chi connectivity index (χ0) is 16.2. The Morgan fingerprint density at radius 2 is 1.91 bits per heavy atom. The number of hydrogen-bond donors (Lipinski definition) is 1. The summed E-state index contributed by atoms with van der Waals surface area (Å²) in [5.41, 5.74) is 1.27. The maximum absolute atomic E-state index is 12.5. The second-order valence-electron chi connectivity index (χ2n) is 4.69. The minimum absolute atomic E-state index is 0.109. The Morgan fingerprint density at radius 1 is 1.23 bits per heavy atom. The fourth-order valence-electron chi connectivity index (χ4n) is 1.91. The van der Waals surface area contributed by atoms with Crippen LogP contribution in [0.2, 0.25) is 0 Å². The van der Waals surface area contributed by atoms with Crippen molar-refractivity contribution in [2.24, 2.45) is 0 Å². The van der Waals surface area contributed by atoms with E-state index < -0.39 is 10.0 Å². The SMILES string of the molecule is CNC(=O)c1cc(N(C)S(=O)(=O)Cc2ccccc2)ccn1. The Labute approximate surface area is 129 Å². The number of rotatable bonds is 5. The molecule has 0 atom stereocenters. The molecule has 0 unspecified atom stereocenters. The first kappa shape index (κ1) is 16.0. The van der Waals surface area contributed by atoms with E-state index in [0.29, 0.717) is 11.3 Å². The van der Waals surface area contributed by atoms with E-state index in [1.165, 1.54) is 26.4 Å². The molecular formula is C15H17N3O3S. The van der Waals surface area contributed by atoms with Crippen LogP contribution in [0.5, 0.6) is 0 Å². The van der Waals surface area contributed by atoms with E-state index in [4.69, 9.17) is 0 Å². The highest BCUT2D eigenvalue weighted by Crippen LogP contribution is 2.19. The van der Waals surface area contributed by atoms with Gasteiger partial charge in [-0.1, -0.05) is 30.3 Å². The lowest BCUT2D eigenvalue weighted by molar-refractivity contribution is 0.0958. The zero-order valence-corrected chi connectivity index (χ0v) is 13.2. The molecule has 116 valence electrons. The fourth-order valence-corrected chi connectivity index (χ4v) is 3.15. The molecule has 6 nitrogen and oxygen atoms in total. The predicted octanol–water partition coefficient (Wildman–Crippen LogP) is 1.41. The van der Waals surface area contributed by atoms with Gasteiger partial charge in [0, 0.05) is 20.3 Å². The van der Waals surface area contributed by atoms with Gasteiger partial charge in [0.15, 0.2) is 0 Å². The van der Waals surface area contributed by atoms with Gasteiger partial charge < -0.3 is 5.32 Å². The van der Waals surface area contributed by atoms with E-state index >= 15 is 0 Å². The molecule has 1 amide bonds. The first-order valence-corrected chi connectivity index (χ1v) is 8.23. The predicted molar refractivity (Wildman–Crippen MR) is 85.1 cm³/mol. The summed E-state index contributed by atoms with van der Waals surface area (Å²) in [5, 5.41) is 2.46. The first-order valence-electron chi connectivity index (χ1n) is 6.62. The lowest BCUT2D eigenvalue weighted by Gasteiger charge is -2.19. The van der Waals surface area contributed by atoms with Crippen molar-refractivity contribution in [1.82, 2.24) is 10.3 Å². The number of pyridine rings is 1. The zero-order valence-electron chi connectivity index (χ0n) is 12.4. The van der Waals surface area contributed by atoms with E-state index in [9.17, 15) is 13.2 Å². The third kappa shape index (κ3) is 3.62. The lowest BCUT2D eigenvalue weighted by Crippen LogP contribution is -2.28. The summed E-state index contributed by atoms with van der Waals surface area (Å²) in [6.07, 6.45) is 1.41. The summed E-state index contributed by atoms with van der Waals surface area (Å²) >= 11 is 0. The number of carbonyl (C=O) groups excluding carboxylic acids is 1. The van der Waals surface area contributed by atoms with Gasteiger partial charge in [0.1, 0.15) is 5.69 Å². The topological polar surface area (TPSA) is 79.4 Å². The summed E-state index contributed by atoms with van der Waals surface area (Å²) in [7, 11) is -0.590. The smallest absolute Gasteiger partial charge is 0.269 e. The van der Waals surface area contributed by atoms with Gasteiger partial charge in [0.25, 0.3) is 5.91 Å². The van der Waals surface area contributed by atoms with Gasteiger partial charge in [0.2, 0.25) is 10.0 Å². The third-order valence-corrected chi connectivity index (χ3v) is 4.92. The number of nitrogens with one attached hydrogen (secondary N) is 1. The van der Waals surface area contributed by atoms with Gasteiger partial charge in [-0.2, -0.15) is 0 Å². The number of benzene rings is 1. The minimum atomic E-state index is -3.54. The van der Waals surface area contributed by atoms with Crippen LogP contribution < -0.4 is 9.62 Å². The number of carbonyl (C=O) groups is 1. The van der Waals surface area contributed by atoms with Crippen LogP contribution in [0.3, 0.4) is 0 Å². The van der Waals surface area contributed by atoms with Crippen LogP contribution in [-0.2, 0) is 15.8 Å². The normalized spacial score (nSPS) is 11.0. The lowest BCUT2D eigenvalue weighted by atomic mass is 10.2. The van der Waals surface area contributed by atoms with E-state index in [1.807, 2.05) is 6.07 Å². The van der Waals surface area contributed by atoms with Crippen molar-refractivity contribution in [3.63, 3.8) is 0 Å². The van der Waals surface area contributed by atoms with Crippen LogP contribution in [0.25, 0.3) is 0 Å². The molecule has 0 aliphatic carbocycles. The highest BCUT2D eigenvalue weighted by molar-refractivity contribution is 7.92. The Hall–Kier alpha value is -2.41. The molecule has 0 saturated carbocycles. The number of nitrogens with zero attached hydrogens (tertiary/aromatic N) is 2. The van der Waals surface area contributed by atoms with Gasteiger partial charge >= 0.3 is 0 Å². The monoisotopic (exact) mass is 319 g/mol. The molecule has 0 radical (unpaired) electrons. The first-order chi connectivity index (χ1) is 10.4. The van der Waals surface area contributed by atoms with Crippen molar-refractivity contribution in [3.05, 3.63) is 59.9 Å². The van der Waals surface area contributed by atoms with E-state index in [1.54, 1.807) is 30.3 Å². The third-order valence-electron chi connectivity index (χ3n) is 3.18. The van der Waals surface area contributed by atoms with E-state index in [0.717, 1.165) is 4.31 Å². The van der Waals surface area contributed by atoms with Crippen molar-refractivity contribution in [2.45, 2.75) is 5.75 Å². The van der Waals surface area contributed by atoms with Gasteiger partial charge in [0.05, 0.1) is 11.4 Å². The molecule has 1 aromatic heterocycles. The largest absolute Gasteiger partial charge is 0.354 e. The number of amides is 1. The Balaban J connectivity index is 2.27. The standard InChI is InChI=1S/C15H17N3O3S/c1-16-15(19)14-10-13(8-9-17-14)18(2)22(20,21)11-12-6-4-3-5-7-12/h3-10H,11H2,1-2H3,(H,16,19). The molecule has 1 aromatic carbocycles. The second kappa shape index (κ2) is 6.57. The van der Waals surface area contributed by atoms with Crippen LogP contribution >= 0.6 is 0 Å². The van der Waals surface area contributed by atoms with Crippen molar-refractivity contribution < 1.29 is 13.2 Å². The number of aromatic nitrogens is 1. The van der Waals surface area contributed by atoms with Gasteiger partial charge in [-0.05, 0) is 17.7 Å². The van der Waals surface area contributed by atoms with Crippen molar-refractivity contribution in [3.8, 4) is 0 Å². The summed E-state index contributed by atoms with van der Waals surface area (Å²) < 4.78 is 26.1. The maximum Gasteiger partial charge on any atom is 0.269 e. The molecule has 0 bridgehead atoms. The average molecular weight is 319 g/mol. The Bertz CT molecular complexity index is 761. The number of anilines is 1. The second-order valence-corrected chi connectivity index (χ2v) is 6.69. The van der Waals surface area contributed by atoms with Crippen LogP contribution in [0, 0.1) is 0 Å². The van der Waals surface area contributed by atoms with E-state index in [-0.39, 0.29) is 17.4 Å². The van der Waals surface area contributed by atoms with Crippen LogP contribution in [-0.4, -0.2) is 33.4 Å². The van der Waals surface area contributed by atoms with Crippen LogP contribution in [0.4, 0.5) is 5.69 Å². The molecular weight excluding hydrogens is 302 g/mol. The number of sulfonamides is 1. The van der Waals surface area contributed by atoms with Crippen molar-refractivity contribution >= 4 is 21.6 Å². The fraction of sp³-hybridized carbons (Fsp3) is 0.200. The molecule has 0 saturated heterocycles. The van der Waals surface area contributed by atoms with E-state index in [2.05, 4.69) is 10.3 Å². The minimum Gasteiger partial charge on any atom is -0.354 e. The quantitative estimate of drug-likeness (QED) is 0.903. The number of hydrogen-bond acceptors (Lipinski definition) is 4. The molecule has 1 heterocycles. The van der Waals surface area contributed by atoms with Gasteiger partial charge in [-0.15, -0.1) is 0 Å².